The predicted octanol–water partition coefficient (Wildman–Crippen LogP) is 1.85. The molecule has 9 heteroatoms. The number of nitrogens with zero attached hydrogens (tertiary/aromatic N) is 6. The number of H-pyrrole nitrogens is 1. The van der Waals surface area contributed by atoms with Crippen molar-refractivity contribution in [3.05, 3.63) is 65.1 Å². The van der Waals surface area contributed by atoms with Gasteiger partial charge in [-0.15, -0.1) is 10.2 Å². The molecule has 4 aromatic heterocycles. The molecule has 1 N–H and O–H groups in total. The van der Waals surface area contributed by atoms with Gasteiger partial charge in [0.15, 0.2) is 0 Å². The summed E-state index contributed by atoms with van der Waals surface area (Å²) in [7, 11) is 0. The van der Waals surface area contributed by atoms with Gasteiger partial charge < -0.3 is 14.3 Å². The molecule has 136 valence electrons. The van der Waals surface area contributed by atoms with Crippen LogP contribution in [0.5, 0.6) is 0 Å². The summed E-state index contributed by atoms with van der Waals surface area (Å²) in [4.78, 5) is 22.4. The van der Waals surface area contributed by atoms with E-state index in [2.05, 4.69) is 31.3 Å². The molecule has 0 aromatic carbocycles. The first-order chi connectivity index (χ1) is 13.1. The van der Waals surface area contributed by atoms with Gasteiger partial charge in [0.05, 0.1) is 23.2 Å². The first-order valence-electron chi connectivity index (χ1n) is 8.69. The minimum absolute atomic E-state index is 0.0175. The molecule has 0 saturated carbocycles. The number of rotatable bonds is 2. The third-order valence-electron chi connectivity index (χ3n) is 4.81. The van der Waals surface area contributed by atoms with Crippen LogP contribution < -0.4 is 0 Å². The third-order valence-corrected chi connectivity index (χ3v) is 4.81. The second kappa shape index (κ2) is 5.76. The highest BCUT2D eigenvalue weighted by Gasteiger charge is 2.37. The maximum atomic E-state index is 13.1. The highest BCUT2D eigenvalue weighted by molar-refractivity contribution is 5.90. The highest BCUT2D eigenvalue weighted by atomic mass is 16.4. The molecular formula is C18H17N7O2. The van der Waals surface area contributed by atoms with Crippen LogP contribution in [0, 0.1) is 13.8 Å². The third kappa shape index (κ3) is 2.50. The number of aromatic amines is 1. The van der Waals surface area contributed by atoms with Gasteiger partial charge in [-0.1, -0.05) is 0 Å². The fourth-order valence-corrected chi connectivity index (χ4v) is 3.56. The number of aryl methyl sites for hydroxylation is 2. The summed E-state index contributed by atoms with van der Waals surface area (Å²) in [6.45, 7) is 4.20. The average Bonchev–Trinajstić information content (AvgIpc) is 3.38. The van der Waals surface area contributed by atoms with E-state index in [1.807, 2.05) is 29.8 Å². The number of hydrogen-bond acceptors (Lipinski definition) is 6. The number of carbonyl (C=O) groups excluding carboxylic acids is 1. The molecule has 1 amide bonds. The van der Waals surface area contributed by atoms with Crippen LogP contribution in [0.2, 0.25) is 0 Å². The Kier molecular flexibility index (Phi) is 3.36. The van der Waals surface area contributed by atoms with Gasteiger partial charge in [0, 0.05) is 31.8 Å². The molecule has 0 saturated heterocycles. The largest absolute Gasteiger partial charge is 0.417 e. The van der Waals surface area contributed by atoms with Crippen LogP contribution in [-0.4, -0.2) is 47.1 Å². The Morgan fingerprint density at radius 1 is 1.30 bits per heavy atom. The van der Waals surface area contributed by atoms with E-state index in [-0.39, 0.29) is 11.8 Å². The molecule has 5 heterocycles. The van der Waals surface area contributed by atoms with Crippen molar-refractivity contribution in [1.82, 2.24) is 34.7 Å². The second-order valence-corrected chi connectivity index (χ2v) is 6.69. The van der Waals surface area contributed by atoms with Gasteiger partial charge >= 0.3 is 11.8 Å². The number of amides is 1. The zero-order chi connectivity index (χ0) is 18.5. The van der Waals surface area contributed by atoms with Gasteiger partial charge in [-0.05, 0) is 30.7 Å². The van der Waals surface area contributed by atoms with Crippen LogP contribution in [-0.2, 0) is 6.42 Å². The van der Waals surface area contributed by atoms with Crippen LogP contribution in [0.3, 0.4) is 0 Å². The number of hydrogen-bond donors (Lipinski definition) is 1. The maximum absolute atomic E-state index is 13.1. The van der Waals surface area contributed by atoms with E-state index in [9.17, 15) is 4.79 Å². The standard InChI is InChI=1S/C18H17N7O2/c1-10-3-6-25-12(7-10)8-14(23-25)16-15-13(19-9-20-15)4-5-24(16)18(26)17-22-21-11(2)27-17/h3,6-9,16H,4-5H2,1-2H3,(H,19,20). The Morgan fingerprint density at radius 2 is 2.19 bits per heavy atom. The van der Waals surface area contributed by atoms with Crippen LogP contribution in [0.4, 0.5) is 0 Å². The molecule has 1 atom stereocenters. The van der Waals surface area contributed by atoms with Gasteiger partial charge in [0.25, 0.3) is 0 Å². The lowest BCUT2D eigenvalue weighted by Crippen LogP contribution is -2.41. The molecule has 4 aromatic rings. The molecule has 1 aliphatic heterocycles. The highest BCUT2D eigenvalue weighted by Crippen LogP contribution is 2.34. The number of carbonyl (C=O) groups is 1. The average molecular weight is 363 g/mol. The van der Waals surface area contributed by atoms with Crippen molar-refractivity contribution in [1.29, 1.82) is 0 Å². The molecule has 27 heavy (non-hydrogen) atoms. The molecule has 0 spiro atoms. The number of aromatic nitrogens is 6. The van der Waals surface area contributed by atoms with E-state index in [4.69, 9.17) is 4.42 Å². The lowest BCUT2D eigenvalue weighted by molar-refractivity contribution is 0.0644. The van der Waals surface area contributed by atoms with E-state index in [1.54, 1.807) is 18.2 Å². The van der Waals surface area contributed by atoms with E-state index in [1.165, 1.54) is 0 Å². The lowest BCUT2D eigenvalue weighted by Gasteiger charge is -2.32. The molecule has 5 rings (SSSR count). The number of fused-ring (bicyclic) bond motifs is 2. The summed E-state index contributed by atoms with van der Waals surface area (Å²) in [6.07, 6.45) is 4.25. The lowest BCUT2D eigenvalue weighted by atomic mass is 9.99. The normalized spacial score (nSPS) is 16.7. The van der Waals surface area contributed by atoms with Gasteiger partial charge in [-0.2, -0.15) is 5.10 Å². The molecular weight excluding hydrogens is 346 g/mol. The Hall–Kier alpha value is -3.49. The van der Waals surface area contributed by atoms with Gasteiger partial charge in [0.2, 0.25) is 5.89 Å². The van der Waals surface area contributed by atoms with E-state index < -0.39 is 6.04 Å². The van der Waals surface area contributed by atoms with Gasteiger partial charge in [-0.25, -0.2) is 9.50 Å². The first kappa shape index (κ1) is 15.7. The number of pyridine rings is 1. The summed E-state index contributed by atoms with van der Waals surface area (Å²) in [5, 5.41) is 12.3. The monoisotopic (exact) mass is 363 g/mol. The van der Waals surface area contributed by atoms with Crippen molar-refractivity contribution in [3.8, 4) is 0 Å². The van der Waals surface area contributed by atoms with E-state index in [0.717, 1.165) is 28.2 Å². The molecule has 1 unspecified atom stereocenters. The van der Waals surface area contributed by atoms with E-state index >= 15 is 0 Å². The summed E-state index contributed by atoms with van der Waals surface area (Å²) >= 11 is 0. The first-order valence-corrected chi connectivity index (χ1v) is 8.69. The second-order valence-electron chi connectivity index (χ2n) is 6.69. The predicted molar refractivity (Wildman–Crippen MR) is 94.1 cm³/mol. The van der Waals surface area contributed by atoms with Crippen LogP contribution >= 0.6 is 0 Å². The number of nitrogens with one attached hydrogen (secondary N) is 1. The van der Waals surface area contributed by atoms with Crippen molar-refractivity contribution < 1.29 is 9.21 Å². The fourth-order valence-electron chi connectivity index (χ4n) is 3.56. The summed E-state index contributed by atoms with van der Waals surface area (Å²) in [5.41, 5.74) is 4.67. The minimum Gasteiger partial charge on any atom is -0.417 e. The molecule has 1 aliphatic rings. The fraction of sp³-hybridized carbons (Fsp3) is 0.278. The van der Waals surface area contributed by atoms with Crippen LogP contribution in [0.1, 0.15) is 45.3 Å². The molecule has 0 bridgehead atoms. The molecule has 0 fully saturated rings. The Labute approximate surface area is 154 Å². The Morgan fingerprint density at radius 3 is 3.00 bits per heavy atom. The van der Waals surface area contributed by atoms with Gasteiger partial charge in [-0.3, -0.25) is 4.79 Å². The minimum atomic E-state index is -0.417. The molecule has 0 radical (unpaired) electrons. The maximum Gasteiger partial charge on any atom is 0.312 e. The van der Waals surface area contributed by atoms with Gasteiger partial charge in [0.1, 0.15) is 6.04 Å². The van der Waals surface area contributed by atoms with Crippen molar-refractivity contribution in [3.63, 3.8) is 0 Å². The SMILES string of the molecule is Cc1ccn2nc(C3c4nc[nH]c4CCN3C(=O)c3nnc(C)o3)cc2c1. The summed E-state index contributed by atoms with van der Waals surface area (Å²) in [5.74, 6) is 0.0224. The van der Waals surface area contributed by atoms with Crippen LogP contribution in [0.15, 0.2) is 35.1 Å². The number of imidazole rings is 1. The van der Waals surface area contributed by atoms with Crippen molar-refractivity contribution in [2.24, 2.45) is 0 Å². The smallest absolute Gasteiger partial charge is 0.312 e. The van der Waals surface area contributed by atoms with Crippen LogP contribution in [0.25, 0.3) is 5.52 Å². The van der Waals surface area contributed by atoms with E-state index in [0.29, 0.717) is 18.9 Å². The summed E-state index contributed by atoms with van der Waals surface area (Å²) < 4.78 is 7.17. The molecule has 0 aliphatic carbocycles. The van der Waals surface area contributed by atoms with Crippen molar-refractivity contribution in [2.75, 3.05) is 6.54 Å². The zero-order valence-corrected chi connectivity index (χ0v) is 14.9. The Bertz CT molecular complexity index is 1160. The van der Waals surface area contributed by atoms with Crippen molar-refractivity contribution >= 4 is 11.4 Å². The quantitative estimate of drug-likeness (QED) is 0.583. The Balaban J connectivity index is 1.63. The zero-order valence-electron chi connectivity index (χ0n) is 14.9. The molecule has 9 nitrogen and oxygen atoms in total. The topological polar surface area (TPSA) is 105 Å². The van der Waals surface area contributed by atoms with Crippen molar-refractivity contribution in [2.45, 2.75) is 26.3 Å². The summed E-state index contributed by atoms with van der Waals surface area (Å²) in [6, 6.07) is 5.62.